The number of nitrogens with two attached hydrogens (primary N) is 1. The highest BCUT2D eigenvalue weighted by Gasteiger charge is 2.26. The number of rotatable bonds is 7. The van der Waals surface area contributed by atoms with Gasteiger partial charge in [0.15, 0.2) is 0 Å². The fourth-order valence-electron chi connectivity index (χ4n) is 4.34. The summed E-state index contributed by atoms with van der Waals surface area (Å²) in [6.45, 7) is 2.57. The highest BCUT2D eigenvalue weighted by Crippen LogP contribution is 2.22. The number of nitrogens with zero attached hydrogens (tertiary/aromatic N) is 3. The Kier molecular flexibility index (Phi) is 7.76. The molecule has 1 fully saturated rings. The molecule has 0 radical (unpaired) electrons. The van der Waals surface area contributed by atoms with Gasteiger partial charge in [0.2, 0.25) is 0 Å². The lowest BCUT2D eigenvalue weighted by atomic mass is 9.92. The Hall–Kier alpha value is -3.44. The molecule has 174 valence electrons. The first-order chi connectivity index (χ1) is 16.6. The number of aliphatic hydroxyl groups is 1. The molecule has 0 aromatic heterocycles. The van der Waals surface area contributed by atoms with E-state index >= 15 is 0 Å². The molecule has 1 amide bonds. The van der Waals surface area contributed by atoms with Crippen LogP contribution in [0.15, 0.2) is 58.5 Å². The number of carbonyl (C=O) groups excluding carboxylic acids is 2. The lowest BCUT2D eigenvalue weighted by molar-refractivity contribution is -0.132. The second kappa shape index (κ2) is 11.1. The van der Waals surface area contributed by atoms with Crippen LogP contribution in [-0.2, 0) is 16.1 Å². The SMILES string of the molecule is NC[C@@H]1CCCN1Cc1ccc(C#Cc2ccc(C(CO)CC3=NC=NC(=O)C3=O)cc2)cc1. The number of hydrogen-bond acceptors (Lipinski definition) is 6. The van der Waals surface area contributed by atoms with Crippen molar-refractivity contribution in [1.29, 1.82) is 0 Å². The molecule has 0 bridgehead atoms. The summed E-state index contributed by atoms with van der Waals surface area (Å²) in [5.74, 6) is 4.48. The van der Waals surface area contributed by atoms with Crippen LogP contribution in [0.5, 0.6) is 0 Å². The summed E-state index contributed by atoms with van der Waals surface area (Å²) >= 11 is 0. The molecule has 7 heteroatoms. The Morgan fingerprint density at radius 3 is 2.38 bits per heavy atom. The van der Waals surface area contributed by atoms with Crippen LogP contribution >= 0.6 is 0 Å². The van der Waals surface area contributed by atoms with Gasteiger partial charge in [-0.1, -0.05) is 36.1 Å². The first-order valence-electron chi connectivity index (χ1n) is 11.5. The molecular formula is C27H28N4O3. The molecule has 2 atom stereocenters. The van der Waals surface area contributed by atoms with Crippen molar-refractivity contribution < 1.29 is 14.7 Å². The maximum Gasteiger partial charge on any atom is 0.320 e. The largest absolute Gasteiger partial charge is 0.396 e. The topological polar surface area (TPSA) is 108 Å². The van der Waals surface area contributed by atoms with Crippen molar-refractivity contribution in [3.63, 3.8) is 0 Å². The van der Waals surface area contributed by atoms with Gasteiger partial charge in [-0.05, 0) is 54.8 Å². The van der Waals surface area contributed by atoms with Crippen molar-refractivity contribution in [3.05, 3.63) is 70.8 Å². The van der Waals surface area contributed by atoms with Gasteiger partial charge in [-0.2, -0.15) is 4.99 Å². The second-order valence-electron chi connectivity index (χ2n) is 8.61. The number of likely N-dealkylation sites (tertiary alicyclic amines) is 1. The molecule has 4 rings (SSSR count). The number of hydrogen-bond donors (Lipinski definition) is 2. The van der Waals surface area contributed by atoms with Crippen molar-refractivity contribution in [2.45, 2.75) is 37.8 Å². The van der Waals surface area contributed by atoms with Crippen molar-refractivity contribution in [3.8, 4) is 11.8 Å². The molecule has 0 saturated carbocycles. The van der Waals surface area contributed by atoms with E-state index < -0.39 is 11.7 Å². The predicted molar refractivity (Wildman–Crippen MR) is 132 cm³/mol. The third kappa shape index (κ3) is 5.72. The van der Waals surface area contributed by atoms with E-state index in [0.717, 1.165) is 36.1 Å². The van der Waals surface area contributed by atoms with Gasteiger partial charge in [0.25, 0.3) is 5.78 Å². The number of amides is 1. The highest BCUT2D eigenvalue weighted by atomic mass is 16.3. The first kappa shape index (κ1) is 23.7. The van der Waals surface area contributed by atoms with Crippen LogP contribution in [0.3, 0.4) is 0 Å². The van der Waals surface area contributed by atoms with E-state index in [-0.39, 0.29) is 24.7 Å². The average Bonchev–Trinajstić information content (AvgIpc) is 3.32. The van der Waals surface area contributed by atoms with Crippen LogP contribution in [0, 0.1) is 11.8 Å². The number of carbonyl (C=O) groups is 2. The summed E-state index contributed by atoms with van der Waals surface area (Å²) in [5, 5.41) is 9.80. The molecule has 0 aliphatic carbocycles. The van der Waals surface area contributed by atoms with E-state index in [9.17, 15) is 14.7 Å². The van der Waals surface area contributed by atoms with E-state index in [1.165, 1.54) is 18.4 Å². The van der Waals surface area contributed by atoms with Crippen molar-refractivity contribution in [2.75, 3.05) is 19.7 Å². The molecule has 2 aliphatic heterocycles. The molecular weight excluding hydrogens is 428 g/mol. The van der Waals surface area contributed by atoms with Gasteiger partial charge >= 0.3 is 5.91 Å². The first-order valence-corrected chi connectivity index (χ1v) is 11.5. The van der Waals surface area contributed by atoms with Gasteiger partial charge in [-0.15, -0.1) is 0 Å². The van der Waals surface area contributed by atoms with Gasteiger partial charge in [0.05, 0.1) is 12.3 Å². The van der Waals surface area contributed by atoms with Crippen LogP contribution in [0.2, 0.25) is 0 Å². The normalized spacial score (nSPS) is 19.0. The fourth-order valence-corrected chi connectivity index (χ4v) is 4.34. The number of aliphatic hydroxyl groups excluding tert-OH is 1. The van der Waals surface area contributed by atoms with Crippen molar-refractivity contribution in [2.24, 2.45) is 15.7 Å². The Balaban J connectivity index is 1.38. The van der Waals surface area contributed by atoms with E-state index in [4.69, 9.17) is 5.73 Å². The third-order valence-corrected chi connectivity index (χ3v) is 6.35. The zero-order valence-corrected chi connectivity index (χ0v) is 19.0. The molecule has 1 saturated heterocycles. The van der Waals surface area contributed by atoms with Gasteiger partial charge in [0, 0.05) is 42.6 Å². The number of Topliss-reactive ketones (excluding diaryl/α,β-unsaturated/α-hetero) is 1. The fraction of sp³-hybridized carbons (Fsp3) is 0.333. The molecule has 2 aromatic carbocycles. The summed E-state index contributed by atoms with van der Waals surface area (Å²) in [7, 11) is 0. The molecule has 2 aromatic rings. The molecule has 7 nitrogen and oxygen atoms in total. The molecule has 0 spiro atoms. The van der Waals surface area contributed by atoms with Gasteiger partial charge in [-0.3, -0.25) is 14.5 Å². The van der Waals surface area contributed by atoms with Crippen LogP contribution in [0.25, 0.3) is 0 Å². The Bertz CT molecular complexity index is 1160. The minimum Gasteiger partial charge on any atom is -0.396 e. The monoisotopic (exact) mass is 456 g/mol. The Morgan fingerprint density at radius 1 is 1.06 bits per heavy atom. The molecule has 1 unspecified atom stereocenters. The van der Waals surface area contributed by atoms with Crippen molar-refractivity contribution >= 4 is 23.7 Å². The van der Waals surface area contributed by atoms with Crippen LogP contribution in [0.1, 0.15) is 47.4 Å². The lowest BCUT2D eigenvalue weighted by Gasteiger charge is -2.23. The lowest BCUT2D eigenvalue weighted by Crippen LogP contribution is -2.34. The minimum atomic E-state index is -0.823. The average molecular weight is 457 g/mol. The highest BCUT2D eigenvalue weighted by molar-refractivity contribution is 6.66. The van der Waals surface area contributed by atoms with Crippen LogP contribution < -0.4 is 5.73 Å². The zero-order chi connectivity index (χ0) is 23.9. The molecule has 2 aliphatic rings. The molecule has 34 heavy (non-hydrogen) atoms. The number of aliphatic imine (C=N–C) groups is 2. The zero-order valence-electron chi connectivity index (χ0n) is 19.0. The Morgan fingerprint density at radius 2 is 1.74 bits per heavy atom. The summed E-state index contributed by atoms with van der Waals surface area (Å²) in [4.78, 5) is 33.1. The minimum absolute atomic E-state index is 0.120. The van der Waals surface area contributed by atoms with E-state index in [2.05, 4.69) is 38.9 Å². The smallest absolute Gasteiger partial charge is 0.320 e. The van der Waals surface area contributed by atoms with E-state index in [1.807, 2.05) is 36.4 Å². The van der Waals surface area contributed by atoms with Gasteiger partial charge in [-0.25, -0.2) is 4.99 Å². The van der Waals surface area contributed by atoms with E-state index in [1.54, 1.807) is 0 Å². The standard InChI is InChI=1S/C27H28N4O3/c28-15-24-2-1-13-31(24)16-21-7-5-19(6-8-21)3-4-20-9-11-22(12-10-20)23(17-32)14-25-26(33)27(34)30-18-29-25/h5-12,18,23-24,32H,1-2,13-17,28H2/t23?,24-/m0/s1. The second-order valence-corrected chi connectivity index (χ2v) is 8.61. The van der Waals surface area contributed by atoms with Gasteiger partial charge < -0.3 is 10.8 Å². The maximum absolute atomic E-state index is 11.9. The van der Waals surface area contributed by atoms with Crippen LogP contribution in [0.4, 0.5) is 0 Å². The summed E-state index contributed by atoms with van der Waals surface area (Å²) in [6.07, 6.45) is 3.65. The Labute approximate surface area is 199 Å². The molecule has 2 heterocycles. The summed E-state index contributed by atoms with van der Waals surface area (Å²) < 4.78 is 0. The quantitative estimate of drug-likeness (QED) is 0.490. The van der Waals surface area contributed by atoms with Gasteiger partial charge in [0.1, 0.15) is 6.34 Å². The summed E-state index contributed by atoms with van der Waals surface area (Å²) in [6, 6.07) is 16.3. The number of benzene rings is 2. The summed E-state index contributed by atoms with van der Waals surface area (Å²) in [5.41, 5.74) is 9.90. The predicted octanol–water partition coefficient (Wildman–Crippen LogP) is 2.05. The number of ketones is 1. The molecule has 3 N–H and O–H groups in total. The van der Waals surface area contributed by atoms with Crippen molar-refractivity contribution in [1.82, 2.24) is 4.90 Å². The van der Waals surface area contributed by atoms with E-state index in [0.29, 0.717) is 12.6 Å². The van der Waals surface area contributed by atoms with Crippen LogP contribution in [-0.4, -0.2) is 59.5 Å². The maximum atomic E-state index is 11.9. The third-order valence-electron chi connectivity index (χ3n) is 6.35.